The predicted octanol–water partition coefficient (Wildman–Crippen LogP) is 1.86. The van der Waals surface area contributed by atoms with Gasteiger partial charge in [-0.15, -0.1) is 0 Å². The number of nitrogens with zero attached hydrogens (tertiary/aromatic N) is 1. The number of rotatable bonds is 7. The maximum atomic E-state index is 12.3. The summed E-state index contributed by atoms with van der Waals surface area (Å²) >= 11 is 0. The molecule has 0 N–H and O–H groups in total. The van der Waals surface area contributed by atoms with Crippen LogP contribution in [0.25, 0.3) is 0 Å². The largest absolute Gasteiger partial charge is 0.469 e. The Kier molecular flexibility index (Phi) is 6.73. The van der Waals surface area contributed by atoms with Crippen LogP contribution in [0, 0.1) is 0 Å². The zero-order chi connectivity index (χ0) is 15.0. The highest BCUT2D eigenvalue weighted by Gasteiger charge is 2.15. The second-order valence-electron chi connectivity index (χ2n) is 4.34. The summed E-state index contributed by atoms with van der Waals surface area (Å²) in [6, 6.07) is 7.28. The first-order chi connectivity index (χ1) is 9.62. The van der Waals surface area contributed by atoms with E-state index < -0.39 is 0 Å². The van der Waals surface area contributed by atoms with E-state index in [0.717, 1.165) is 5.56 Å². The fourth-order valence-electron chi connectivity index (χ4n) is 1.82. The van der Waals surface area contributed by atoms with Gasteiger partial charge in [0.15, 0.2) is 0 Å². The summed E-state index contributed by atoms with van der Waals surface area (Å²) < 4.78 is 9.61. The van der Waals surface area contributed by atoms with Gasteiger partial charge in [-0.1, -0.05) is 12.1 Å². The topological polar surface area (TPSA) is 55.8 Å². The molecule has 0 aliphatic heterocycles. The van der Waals surface area contributed by atoms with Crippen molar-refractivity contribution in [2.45, 2.75) is 20.0 Å². The zero-order valence-corrected chi connectivity index (χ0v) is 12.2. The van der Waals surface area contributed by atoms with Gasteiger partial charge in [0.25, 0.3) is 5.91 Å². The fraction of sp³-hybridized carbons (Fsp3) is 0.467. The van der Waals surface area contributed by atoms with Crippen LogP contribution in [0.3, 0.4) is 0 Å². The maximum absolute atomic E-state index is 12.3. The van der Waals surface area contributed by atoms with E-state index in [0.29, 0.717) is 25.3 Å². The number of hydrogen-bond acceptors (Lipinski definition) is 4. The van der Waals surface area contributed by atoms with E-state index in [-0.39, 0.29) is 18.3 Å². The molecule has 0 heterocycles. The number of benzene rings is 1. The Morgan fingerprint density at radius 3 is 2.30 bits per heavy atom. The maximum Gasteiger partial charge on any atom is 0.307 e. The standard InChI is InChI=1S/C15H21NO4/c1-4-16(10-9-14(17)20-3)15(18)13-7-5-12(6-8-13)11-19-2/h5-8H,4,9-11H2,1-3H3. The molecule has 0 bridgehead atoms. The van der Waals surface area contributed by atoms with Crippen LogP contribution >= 0.6 is 0 Å². The average Bonchev–Trinajstić information content (AvgIpc) is 2.48. The Balaban J connectivity index is 2.67. The minimum absolute atomic E-state index is 0.0830. The van der Waals surface area contributed by atoms with Crippen LogP contribution in [0.5, 0.6) is 0 Å². The lowest BCUT2D eigenvalue weighted by molar-refractivity contribution is -0.140. The van der Waals surface area contributed by atoms with Crippen molar-refractivity contribution in [1.82, 2.24) is 4.90 Å². The van der Waals surface area contributed by atoms with Gasteiger partial charge in [-0.05, 0) is 24.6 Å². The lowest BCUT2D eigenvalue weighted by atomic mass is 10.1. The van der Waals surface area contributed by atoms with E-state index in [1.54, 1.807) is 24.1 Å². The Labute approximate surface area is 119 Å². The van der Waals surface area contributed by atoms with Crippen molar-refractivity contribution in [2.75, 3.05) is 27.3 Å². The number of carbonyl (C=O) groups is 2. The number of carbonyl (C=O) groups excluding carboxylic acids is 2. The second kappa shape index (κ2) is 8.32. The first kappa shape index (κ1) is 16.2. The quantitative estimate of drug-likeness (QED) is 0.715. The number of methoxy groups -OCH3 is 2. The van der Waals surface area contributed by atoms with E-state index in [1.807, 2.05) is 19.1 Å². The number of esters is 1. The van der Waals surface area contributed by atoms with Gasteiger partial charge in [-0.2, -0.15) is 0 Å². The van der Waals surface area contributed by atoms with Gasteiger partial charge >= 0.3 is 5.97 Å². The van der Waals surface area contributed by atoms with E-state index >= 15 is 0 Å². The van der Waals surface area contributed by atoms with Crippen molar-refractivity contribution < 1.29 is 19.1 Å². The highest BCUT2D eigenvalue weighted by atomic mass is 16.5. The number of hydrogen-bond donors (Lipinski definition) is 0. The molecular formula is C15H21NO4. The first-order valence-electron chi connectivity index (χ1n) is 6.56. The zero-order valence-electron chi connectivity index (χ0n) is 12.2. The minimum Gasteiger partial charge on any atom is -0.469 e. The molecule has 0 spiro atoms. The molecule has 5 nitrogen and oxygen atoms in total. The molecule has 1 rings (SSSR count). The van der Waals surface area contributed by atoms with E-state index in [9.17, 15) is 9.59 Å². The summed E-state index contributed by atoms with van der Waals surface area (Å²) in [5.74, 6) is -0.396. The molecule has 1 aromatic carbocycles. The van der Waals surface area contributed by atoms with E-state index in [2.05, 4.69) is 4.74 Å². The van der Waals surface area contributed by atoms with Crippen molar-refractivity contribution >= 4 is 11.9 Å². The molecule has 0 saturated heterocycles. The number of amides is 1. The minimum atomic E-state index is -0.313. The average molecular weight is 279 g/mol. The van der Waals surface area contributed by atoms with Crippen LogP contribution in [-0.2, 0) is 20.9 Å². The van der Waals surface area contributed by atoms with Gasteiger partial charge < -0.3 is 14.4 Å². The molecule has 1 amide bonds. The third-order valence-electron chi connectivity index (χ3n) is 2.99. The van der Waals surface area contributed by atoms with Crippen LogP contribution in [0.2, 0.25) is 0 Å². The van der Waals surface area contributed by atoms with Crippen LogP contribution < -0.4 is 0 Å². The predicted molar refractivity (Wildman–Crippen MR) is 75.4 cm³/mol. The monoisotopic (exact) mass is 279 g/mol. The smallest absolute Gasteiger partial charge is 0.307 e. The molecule has 20 heavy (non-hydrogen) atoms. The molecule has 1 aromatic rings. The van der Waals surface area contributed by atoms with E-state index in [4.69, 9.17) is 4.74 Å². The van der Waals surface area contributed by atoms with Gasteiger partial charge in [0.05, 0.1) is 20.1 Å². The van der Waals surface area contributed by atoms with Crippen LogP contribution in [0.1, 0.15) is 29.3 Å². The van der Waals surface area contributed by atoms with Crippen molar-refractivity contribution in [3.05, 3.63) is 35.4 Å². The summed E-state index contributed by atoms with van der Waals surface area (Å²) in [4.78, 5) is 25.0. The summed E-state index contributed by atoms with van der Waals surface area (Å²) in [5.41, 5.74) is 1.62. The Hall–Kier alpha value is -1.88. The molecule has 5 heteroatoms. The van der Waals surface area contributed by atoms with Crippen molar-refractivity contribution in [3.8, 4) is 0 Å². The molecule has 0 saturated carbocycles. The van der Waals surface area contributed by atoms with Crippen LogP contribution in [-0.4, -0.2) is 44.1 Å². The fourth-order valence-corrected chi connectivity index (χ4v) is 1.82. The van der Waals surface area contributed by atoms with E-state index in [1.165, 1.54) is 7.11 Å². The lowest BCUT2D eigenvalue weighted by Crippen LogP contribution is -2.33. The summed E-state index contributed by atoms with van der Waals surface area (Å²) in [5, 5.41) is 0. The summed E-state index contributed by atoms with van der Waals surface area (Å²) in [6.07, 6.45) is 0.206. The molecular weight excluding hydrogens is 258 g/mol. The summed E-state index contributed by atoms with van der Waals surface area (Å²) in [6.45, 7) is 3.32. The molecule has 0 fully saturated rings. The highest BCUT2D eigenvalue weighted by Crippen LogP contribution is 2.09. The Morgan fingerprint density at radius 2 is 1.80 bits per heavy atom. The molecule has 0 unspecified atom stereocenters. The van der Waals surface area contributed by atoms with Gasteiger partial charge in [0.2, 0.25) is 0 Å². The second-order valence-corrected chi connectivity index (χ2v) is 4.34. The first-order valence-corrected chi connectivity index (χ1v) is 6.56. The van der Waals surface area contributed by atoms with Gasteiger partial charge in [-0.3, -0.25) is 9.59 Å². The third kappa shape index (κ3) is 4.66. The SMILES string of the molecule is CCN(CCC(=O)OC)C(=O)c1ccc(COC)cc1. The third-order valence-corrected chi connectivity index (χ3v) is 2.99. The molecule has 0 atom stereocenters. The van der Waals surface area contributed by atoms with Crippen molar-refractivity contribution in [3.63, 3.8) is 0 Å². The molecule has 0 radical (unpaired) electrons. The molecule has 0 aliphatic rings. The van der Waals surface area contributed by atoms with Crippen LogP contribution in [0.15, 0.2) is 24.3 Å². The van der Waals surface area contributed by atoms with Gasteiger partial charge in [-0.25, -0.2) is 0 Å². The molecule has 0 aromatic heterocycles. The molecule has 110 valence electrons. The van der Waals surface area contributed by atoms with Crippen LogP contribution in [0.4, 0.5) is 0 Å². The number of ether oxygens (including phenoxy) is 2. The normalized spacial score (nSPS) is 10.2. The Bertz CT molecular complexity index is 442. The van der Waals surface area contributed by atoms with Crippen molar-refractivity contribution in [2.24, 2.45) is 0 Å². The van der Waals surface area contributed by atoms with Crippen molar-refractivity contribution in [1.29, 1.82) is 0 Å². The van der Waals surface area contributed by atoms with Gasteiger partial charge in [0.1, 0.15) is 0 Å². The Morgan fingerprint density at radius 1 is 1.15 bits per heavy atom. The van der Waals surface area contributed by atoms with Gasteiger partial charge in [0, 0.05) is 25.8 Å². The summed E-state index contributed by atoms with van der Waals surface area (Å²) in [7, 11) is 2.97. The molecule has 0 aliphatic carbocycles. The highest BCUT2D eigenvalue weighted by molar-refractivity contribution is 5.94. The lowest BCUT2D eigenvalue weighted by Gasteiger charge is -2.20.